The molecule has 1 rings (SSSR count). The molecule has 1 atom stereocenters. The SMILES string of the molecule is CC(C#N)CN(C)c1ccc(Cl)cc1Cl. The molecule has 1 aromatic rings. The third kappa shape index (κ3) is 3.30. The Balaban J connectivity index is 2.83. The molecule has 0 bridgehead atoms. The van der Waals surface area contributed by atoms with Gasteiger partial charge in [0.2, 0.25) is 0 Å². The summed E-state index contributed by atoms with van der Waals surface area (Å²) >= 11 is 11.8. The largest absolute Gasteiger partial charge is 0.372 e. The number of hydrogen-bond donors (Lipinski definition) is 0. The molecule has 0 saturated heterocycles. The fraction of sp³-hybridized carbons (Fsp3) is 0.364. The zero-order valence-corrected chi connectivity index (χ0v) is 10.2. The summed E-state index contributed by atoms with van der Waals surface area (Å²) < 4.78 is 0. The molecule has 15 heavy (non-hydrogen) atoms. The zero-order chi connectivity index (χ0) is 11.4. The molecule has 80 valence electrons. The van der Waals surface area contributed by atoms with Crippen molar-refractivity contribution in [3.63, 3.8) is 0 Å². The van der Waals surface area contributed by atoms with E-state index in [0.29, 0.717) is 16.6 Å². The van der Waals surface area contributed by atoms with E-state index < -0.39 is 0 Å². The van der Waals surface area contributed by atoms with Crippen LogP contribution in [0.5, 0.6) is 0 Å². The van der Waals surface area contributed by atoms with E-state index in [0.717, 1.165) is 5.69 Å². The van der Waals surface area contributed by atoms with Crippen LogP contribution in [0.15, 0.2) is 18.2 Å². The molecule has 0 fully saturated rings. The normalized spacial score (nSPS) is 11.9. The van der Waals surface area contributed by atoms with E-state index in [1.807, 2.05) is 24.9 Å². The maximum absolute atomic E-state index is 8.71. The van der Waals surface area contributed by atoms with Gasteiger partial charge in [-0.1, -0.05) is 23.2 Å². The average Bonchev–Trinajstić information content (AvgIpc) is 2.17. The van der Waals surface area contributed by atoms with Gasteiger partial charge in [-0.05, 0) is 25.1 Å². The van der Waals surface area contributed by atoms with Crippen LogP contribution in [-0.2, 0) is 0 Å². The second-order valence-corrected chi connectivity index (χ2v) is 4.35. The number of rotatable bonds is 3. The first-order valence-electron chi connectivity index (χ1n) is 4.60. The summed E-state index contributed by atoms with van der Waals surface area (Å²) in [6.45, 7) is 2.53. The van der Waals surface area contributed by atoms with Gasteiger partial charge in [-0.15, -0.1) is 0 Å². The smallest absolute Gasteiger partial charge is 0.0671 e. The van der Waals surface area contributed by atoms with Crippen molar-refractivity contribution in [1.29, 1.82) is 5.26 Å². The minimum absolute atomic E-state index is 0.0262. The lowest BCUT2D eigenvalue weighted by molar-refractivity contribution is 0.716. The van der Waals surface area contributed by atoms with E-state index >= 15 is 0 Å². The number of nitriles is 1. The van der Waals surface area contributed by atoms with Crippen molar-refractivity contribution in [1.82, 2.24) is 0 Å². The molecule has 0 amide bonds. The standard InChI is InChI=1S/C11H12Cl2N2/c1-8(6-14)7-15(2)11-4-3-9(12)5-10(11)13/h3-5,8H,7H2,1-2H3. The highest BCUT2D eigenvalue weighted by Gasteiger charge is 2.09. The summed E-state index contributed by atoms with van der Waals surface area (Å²) in [5.74, 6) is -0.0262. The number of benzene rings is 1. The van der Waals surface area contributed by atoms with Gasteiger partial charge >= 0.3 is 0 Å². The van der Waals surface area contributed by atoms with Crippen LogP contribution < -0.4 is 4.90 Å². The lowest BCUT2D eigenvalue weighted by atomic mass is 10.2. The number of nitrogens with zero attached hydrogens (tertiary/aromatic N) is 2. The van der Waals surface area contributed by atoms with Gasteiger partial charge in [0.25, 0.3) is 0 Å². The maximum Gasteiger partial charge on any atom is 0.0671 e. The molecule has 0 radical (unpaired) electrons. The highest BCUT2D eigenvalue weighted by molar-refractivity contribution is 6.36. The maximum atomic E-state index is 8.71. The first-order valence-corrected chi connectivity index (χ1v) is 5.36. The van der Waals surface area contributed by atoms with E-state index in [1.54, 1.807) is 12.1 Å². The van der Waals surface area contributed by atoms with Gasteiger partial charge in [0.1, 0.15) is 0 Å². The summed E-state index contributed by atoms with van der Waals surface area (Å²) in [6.07, 6.45) is 0. The number of hydrogen-bond acceptors (Lipinski definition) is 2. The quantitative estimate of drug-likeness (QED) is 0.811. The second-order valence-electron chi connectivity index (χ2n) is 3.51. The van der Waals surface area contributed by atoms with Gasteiger partial charge in [0.05, 0.1) is 22.7 Å². The fourth-order valence-corrected chi connectivity index (χ4v) is 1.89. The first-order chi connectivity index (χ1) is 7.04. The molecule has 0 N–H and O–H groups in total. The third-order valence-electron chi connectivity index (χ3n) is 2.09. The summed E-state index contributed by atoms with van der Waals surface area (Å²) in [6, 6.07) is 7.53. The molecule has 0 aromatic heterocycles. The van der Waals surface area contributed by atoms with Gasteiger partial charge in [-0.3, -0.25) is 0 Å². The van der Waals surface area contributed by atoms with Crippen molar-refractivity contribution in [2.75, 3.05) is 18.5 Å². The summed E-state index contributed by atoms with van der Waals surface area (Å²) in [5.41, 5.74) is 0.892. The third-order valence-corrected chi connectivity index (χ3v) is 2.63. The van der Waals surface area contributed by atoms with Crippen LogP contribution in [0.25, 0.3) is 0 Å². The van der Waals surface area contributed by atoms with Crippen LogP contribution in [0.2, 0.25) is 10.0 Å². The highest BCUT2D eigenvalue weighted by atomic mass is 35.5. The first kappa shape index (κ1) is 12.2. The number of halogens is 2. The minimum Gasteiger partial charge on any atom is -0.372 e. The van der Waals surface area contributed by atoms with Crippen LogP contribution >= 0.6 is 23.2 Å². The highest BCUT2D eigenvalue weighted by Crippen LogP contribution is 2.28. The van der Waals surface area contributed by atoms with Crippen molar-refractivity contribution in [3.05, 3.63) is 28.2 Å². The number of anilines is 1. The summed E-state index contributed by atoms with van der Waals surface area (Å²) in [5, 5.41) is 9.94. The Kier molecular flexibility index (Phi) is 4.26. The minimum atomic E-state index is -0.0262. The van der Waals surface area contributed by atoms with Crippen molar-refractivity contribution in [2.24, 2.45) is 5.92 Å². The Morgan fingerprint density at radius 2 is 2.13 bits per heavy atom. The lowest BCUT2D eigenvalue weighted by Gasteiger charge is -2.21. The van der Waals surface area contributed by atoms with Crippen molar-refractivity contribution in [3.8, 4) is 6.07 Å². The molecule has 2 nitrogen and oxygen atoms in total. The molecule has 4 heteroatoms. The summed E-state index contributed by atoms with van der Waals surface area (Å²) in [7, 11) is 1.91. The van der Waals surface area contributed by atoms with E-state index in [1.165, 1.54) is 0 Å². The Labute approximate surface area is 100 Å². The topological polar surface area (TPSA) is 27.0 Å². The van der Waals surface area contributed by atoms with Gasteiger partial charge in [0, 0.05) is 18.6 Å². The molecule has 0 aliphatic carbocycles. The van der Waals surface area contributed by atoms with Crippen molar-refractivity contribution >= 4 is 28.9 Å². The average molecular weight is 243 g/mol. The molecular formula is C11H12Cl2N2. The van der Waals surface area contributed by atoms with E-state index in [9.17, 15) is 0 Å². The van der Waals surface area contributed by atoms with Crippen LogP contribution in [0.1, 0.15) is 6.92 Å². The summed E-state index contributed by atoms with van der Waals surface area (Å²) in [4.78, 5) is 1.95. The molecule has 0 heterocycles. The van der Waals surface area contributed by atoms with Gasteiger partial charge in [0.15, 0.2) is 0 Å². The molecule has 0 aliphatic heterocycles. The van der Waals surface area contributed by atoms with Crippen molar-refractivity contribution < 1.29 is 0 Å². The van der Waals surface area contributed by atoms with Crippen molar-refractivity contribution in [2.45, 2.75) is 6.92 Å². The van der Waals surface area contributed by atoms with Gasteiger partial charge in [-0.2, -0.15) is 5.26 Å². The predicted octanol–water partition coefficient (Wildman–Crippen LogP) is 3.59. The van der Waals surface area contributed by atoms with E-state index in [-0.39, 0.29) is 5.92 Å². The van der Waals surface area contributed by atoms with Crippen LogP contribution in [0, 0.1) is 17.2 Å². The van der Waals surface area contributed by atoms with Gasteiger partial charge < -0.3 is 4.90 Å². The Hall–Kier alpha value is -0.910. The van der Waals surface area contributed by atoms with E-state index in [2.05, 4.69) is 6.07 Å². The fourth-order valence-electron chi connectivity index (χ4n) is 1.34. The second kappa shape index (κ2) is 5.25. The zero-order valence-electron chi connectivity index (χ0n) is 8.67. The molecule has 0 saturated carbocycles. The van der Waals surface area contributed by atoms with Crippen LogP contribution in [0.3, 0.4) is 0 Å². The Morgan fingerprint density at radius 3 is 2.67 bits per heavy atom. The van der Waals surface area contributed by atoms with Crippen LogP contribution in [-0.4, -0.2) is 13.6 Å². The predicted molar refractivity (Wildman–Crippen MR) is 64.5 cm³/mol. The van der Waals surface area contributed by atoms with Gasteiger partial charge in [-0.25, -0.2) is 0 Å². The molecule has 1 unspecified atom stereocenters. The lowest BCUT2D eigenvalue weighted by Crippen LogP contribution is -2.23. The molecule has 1 aromatic carbocycles. The Morgan fingerprint density at radius 1 is 1.47 bits per heavy atom. The molecule has 0 spiro atoms. The molecular weight excluding hydrogens is 231 g/mol. The van der Waals surface area contributed by atoms with Crippen LogP contribution in [0.4, 0.5) is 5.69 Å². The molecule has 0 aliphatic rings. The Bertz CT molecular complexity index is 385. The van der Waals surface area contributed by atoms with E-state index in [4.69, 9.17) is 28.5 Å². The monoisotopic (exact) mass is 242 g/mol.